The molecule has 0 aliphatic carbocycles. The molecule has 1 N–H and O–H groups in total. The average Bonchev–Trinajstić information content (AvgIpc) is 2.46. The lowest BCUT2D eigenvalue weighted by atomic mass is 10.3. The van der Waals surface area contributed by atoms with Gasteiger partial charge >= 0.3 is 12.3 Å². The number of carbonyl (C=O) groups is 1. The summed E-state index contributed by atoms with van der Waals surface area (Å²) in [4.78, 5) is 10.4. The van der Waals surface area contributed by atoms with E-state index in [4.69, 9.17) is 14.6 Å². The summed E-state index contributed by atoms with van der Waals surface area (Å²) in [7, 11) is 0. The fourth-order valence-corrected chi connectivity index (χ4v) is 1.03. The van der Waals surface area contributed by atoms with Crippen LogP contribution in [0.2, 0.25) is 0 Å². The molecule has 1 aliphatic heterocycles. The Morgan fingerprint density at radius 2 is 2.08 bits per heavy atom. The lowest BCUT2D eigenvalue weighted by molar-refractivity contribution is -0.154. The van der Waals surface area contributed by atoms with Gasteiger partial charge in [-0.3, -0.25) is 0 Å². The highest BCUT2D eigenvalue weighted by molar-refractivity contribution is 5.73. The fraction of sp³-hybridized carbons (Fsp3) is 0.125. The Bertz CT molecular complexity index is 363. The highest BCUT2D eigenvalue weighted by atomic mass is 19.1. The predicted octanol–water partition coefficient (Wildman–Crippen LogP) is 1.01. The first-order chi connectivity index (χ1) is 6.16. The summed E-state index contributed by atoms with van der Waals surface area (Å²) in [5.74, 6) is -1.37. The minimum atomic E-state index is -1.36. The van der Waals surface area contributed by atoms with Gasteiger partial charge in [0.1, 0.15) is 5.82 Å². The standard InChI is InChI=1S/C8H5FO4/c9-4-1-2-5-6(3-4)13-8(12-5)7(10)11/h1-3,8H,(H,10,11). The van der Waals surface area contributed by atoms with Gasteiger partial charge < -0.3 is 14.6 Å². The van der Waals surface area contributed by atoms with Crippen LogP contribution in [-0.4, -0.2) is 17.4 Å². The molecule has 2 rings (SSSR count). The Morgan fingerprint density at radius 3 is 2.77 bits per heavy atom. The van der Waals surface area contributed by atoms with Crippen LogP contribution in [0.5, 0.6) is 11.5 Å². The summed E-state index contributed by atoms with van der Waals surface area (Å²) in [5, 5.41) is 8.51. The van der Waals surface area contributed by atoms with Gasteiger partial charge in [-0.15, -0.1) is 0 Å². The molecule has 1 unspecified atom stereocenters. The number of carboxylic acid groups (broad SMARTS) is 1. The molecule has 1 aromatic rings. The van der Waals surface area contributed by atoms with Crippen LogP contribution in [0, 0.1) is 5.82 Å². The van der Waals surface area contributed by atoms with Crippen LogP contribution in [0.1, 0.15) is 0 Å². The van der Waals surface area contributed by atoms with E-state index in [-0.39, 0.29) is 11.5 Å². The van der Waals surface area contributed by atoms with Crippen LogP contribution in [-0.2, 0) is 4.79 Å². The maximum Gasteiger partial charge on any atom is 0.387 e. The molecule has 0 aromatic heterocycles. The molecule has 0 bridgehead atoms. The van der Waals surface area contributed by atoms with E-state index in [1.807, 2.05) is 0 Å². The van der Waals surface area contributed by atoms with Crippen molar-refractivity contribution in [2.45, 2.75) is 6.29 Å². The molecular weight excluding hydrogens is 179 g/mol. The van der Waals surface area contributed by atoms with E-state index in [0.717, 1.165) is 6.07 Å². The van der Waals surface area contributed by atoms with Gasteiger partial charge in [0.15, 0.2) is 11.5 Å². The van der Waals surface area contributed by atoms with Crippen LogP contribution >= 0.6 is 0 Å². The monoisotopic (exact) mass is 184 g/mol. The normalized spacial score (nSPS) is 18.7. The van der Waals surface area contributed by atoms with Crippen molar-refractivity contribution in [3.05, 3.63) is 24.0 Å². The van der Waals surface area contributed by atoms with Gasteiger partial charge in [0.2, 0.25) is 0 Å². The molecule has 4 nitrogen and oxygen atoms in total. The first kappa shape index (κ1) is 7.85. The van der Waals surface area contributed by atoms with Gasteiger partial charge in [0.05, 0.1) is 0 Å². The molecule has 1 heterocycles. The number of aliphatic carboxylic acids is 1. The topological polar surface area (TPSA) is 55.8 Å². The lowest BCUT2D eigenvalue weighted by Crippen LogP contribution is -2.28. The number of benzene rings is 1. The van der Waals surface area contributed by atoms with Crippen LogP contribution in [0.15, 0.2) is 18.2 Å². The highest BCUT2D eigenvalue weighted by Crippen LogP contribution is 2.34. The van der Waals surface area contributed by atoms with Crippen molar-refractivity contribution in [2.24, 2.45) is 0 Å². The zero-order valence-electron chi connectivity index (χ0n) is 6.36. The van der Waals surface area contributed by atoms with Crippen molar-refractivity contribution in [1.82, 2.24) is 0 Å². The third-order valence-corrected chi connectivity index (χ3v) is 1.58. The summed E-state index contributed by atoms with van der Waals surface area (Å²) in [6.45, 7) is 0. The van der Waals surface area contributed by atoms with Crippen molar-refractivity contribution in [3.8, 4) is 11.5 Å². The number of rotatable bonds is 1. The summed E-state index contributed by atoms with van der Waals surface area (Å²) >= 11 is 0. The summed E-state index contributed by atoms with van der Waals surface area (Å²) < 4.78 is 22.2. The van der Waals surface area contributed by atoms with Crippen LogP contribution < -0.4 is 9.47 Å². The van der Waals surface area contributed by atoms with Gasteiger partial charge in [-0.1, -0.05) is 0 Å². The third-order valence-electron chi connectivity index (χ3n) is 1.58. The molecule has 0 fully saturated rings. The van der Waals surface area contributed by atoms with Gasteiger partial charge in [0.25, 0.3) is 0 Å². The largest absolute Gasteiger partial charge is 0.476 e. The zero-order chi connectivity index (χ0) is 9.42. The fourth-order valence-electron chi connectivity index (χ4n) is 1.03. The van der Waals surface area contributed by atoms with E-state index in [1.54, 1.807) is 0 Å². The molecule has 5 heteroatoms. The molecule has 1 aromatic carbocycles. The number of hydrogen-bond acceptors (Lipinski definition) is 3. The quantitative estimate of drug-likeness (QED) is 0.707. The van der Waals surface area contributed by atoms with E-state index in [2.05, 4.69) is 0 Å². The number of hydrogen-bond donors (Lipinski definition) is 1. The van der Waals surface area contributed by atoms with Gasteiger partial charge in [-0.2, -0.15) is 0 Å². The Kier molecular flexibility index (Phi) is 1.58. The average molecular weight is 184 g/mol. The molecule has 0 amide bonds. The number of fused-ring (bicyclic) bond motifs is 1. The Hall–Kier alpha value is -1.78. The molecule has 68 valence electrons. The van der Waals surface area contributed by atoms with E-state index in [9.17, 15) is 9.18 Å². The summed E-state index contributed by atoms with van der Waals surface area (Å²) in [6.07, 6.45) is -1.36. The summed E-state index contributed by atoms with van der Waals surface area (Å²) in [5.41, 5.74) is 0. The Labute approximate surface area is 72.5 Å². The van der Waals surface area contributed by atoms with Gasteiger partial charge in [0, 0.05) is 6.07 Å². The smallest absolute Gasteiger partial charge is 0.387 e. The first-order valence-corrected chi connectivity index (χ1v) is 3.52. The molecule has 0 radical (unpaired) electrons. The van der Waals surface area contributed by atoms with E-state index in [0.29, 0.717) is 0 Å². The second kappa shape index (κ2) is 2.62. The number of ether oxygens (including phenoxy) is 2. The molecule has 0 spiro atoms. The molecule has 0 saturated heterocycles. The lowest BCUT2D eigenvalue weighted by Gasteiger charge is -2.01. The molecular formula is C8H5FO4. The van der Waals surface area contributed by atoms with Crippen LogP contribution in [0.4, 0.5) is 4.39 Å². The predicted molar refractivity (Wildman–Crippen MR) is 39.1 cm³/mol. The van der Waals surface area contributed by atoms with E-state index in [1.165, 1.54) is 12.1 Å². The van der Waals surface area contributed by atoms with Gasteiger partial charge in [-0.05, 0) is 12.1 Å². The maximum absolute atomic E-state index is 12.6. The molecule has 1 aliphatic rings. The van der Waals surface area contributed by atoms with Crippen LogP contribution in [0.3, 0.4) is 0 Å². The number of halogens is 1. The van der Waals surface area contributed by atoms with Gasteiger partial charge in [-0.25, -0.2) is 9.18 Å². The minimum absolute atomic E-state index is 0.118. The van der Waals surface area contributed by atoms with Crippen molar-refractivity contribution in [3.63, 3.8) is 0 Å². The third kappa shape index (κ3) is 1.28. The minimum Gasteiger partial charge on any atom is -0.476 e. The molecule has 13 heavy (non-hydrogen) atoms. The highest BCUT2D eigenvalue weighted by Gasteiger charge is 2.30. The van der Waals surface area contributed by atoms with E-state index < -0.39 is 18.1 Å². The van der Waals surface area contributed by atoms with Crippen molar-refractivity contribution in [2.75, 3.05) is 0 Å². The summed E-state index contributed by atoms with van der Waals surface area (Å²) in [6, 6.07) is 3.58. The molecule has 0 saturated carbocycles. The van der Waals surface area contributed by atoms with E-state index >= 15 is 0 Å². The SMILES string of the molecule is O=C(O)C1Oc2ccc(F)cc2O1. The van der Waals surface area contributed by atoms with Crippen molar-refractivity contribution < 1.29 is 23.8 Å². The van der Waals surface area contributed by atoms with Crippen molar-refractivity contribution >= 4 is 5.97 Å². The van der Waals surface area contributed by atoms with Crippen molar-refractivity contribution in [1.29, 1.82) is 0 Å². The second-order valence-electron chi connectivity index (χ2n) is 2.50. The second-order valence-corrected chi connectivity index (χ2v) is 2.50. The van der Waals surface area contributed by atoms with Crippen LogP contribution in [0.25, 0.3) is 0 Å². The maximum atomic E-state index is 12.6. The first-order valence-electron chi connectivity index (χ1n) is 3.52. The Morgan fingerprint density at radius 1 is 1.38 bits per heavy atom. The Balaban J connectivity index is 2.30. The number of carboxylic acids is 1. The zero-order valence-corrected chi connectivity index (χ0v) is 6.36. The molecule has 1 atom stereocenters.